The summed E-state index contributed by atoms with van der Waals surface area (Å²) < 4.78 is 44.2. The summed E-state index contributed by atoms with van der Waals surface area (Å²) in [5.74, 6) is -3.39. The van der Waals surface area contributed by atoms with Crippen LogP contribution in [0.1, 0.15) is 32.6 Å². The lowest BCUT2D eigenvalue weighted by molar-refractivity contribution is -0.175. The van der Waals surface area contributed by atoms with Crippen molar-refractivity contribution in [2.45, 2.75) is 63.0 Å². The van der Waals surface area contributed by atoms with Gasteiger partial charge in [-0.2, -0.15) is 18.4 Å². The van der Waals surface area contributed by atoms with Crippen molar-refractivity contribution in [2.24, 2.45) is 11.3 Å². The van der Waals surface area contributed by atoms with Crippen molar-refractivity contribution < 1.29 is 37.1 Å². The summed E-state index contributed by atoms with van der Waals surface area (Å²) in [6, 6.07) is 7.34. The normalized spacial score (nSPS) is 25.9. The molecule has 1 saturated carbocycles. The van der Waals surface area contributed by atoms with Crippen molar-refractivity contribution in [2.75, 3.05) is 20.1 Å². The van der Waals surface area contributed by atoms with Crippen LogP contribution in [0.2, 0.25) is 0 Å². The fraction of sp³-hybridized carbons (Fsp3) is 0.577. The molecule has 0 bridgehead atoms. The number of amides is 4. The summed E-state index contributed by atoms with van der Waals surface area (Å²) in [5.41, 5.74) is -1.19. The van der Waals surface area contributed by atoms with Gasteiger partial charge in [0.05, 0.1) is 12.6 Å². The van der Waals surface area contributed by atoms with Crippen LogP contribution >= 0.6 is 0 Å². The Hall–Kier alpha value is -3.82. The van der Waals surface area contributed by atoms with Gasteiger partial charge in [0.2, 0.25) is 17.7 Å². The second kappa shape index (κ2) is 10.7. The van der Waals surface area contributed by atoms with Crippen LogP contribution < -0.4 is 15.4 Å². The molecule has 0 aromatic heterocycles. The lowest BCUT2D eigenvalue weighted by Gasteiger charge is -2.34. The van der Waals surface area contributed by atoms with Crippen LogP contribution in [-0.4, -0.2) is 84.0 Å². The number of halogens is 3. The third-order valence-electron chi connectivity index (χ3n) is 7.69. The fourth-order valence-electron chi connectivity index (χ4n) is 5.28. The van der Waals surface area contributed by atoms with Gasteiger partial charge in [0, 0.05) is 20.0 Å². The Bertz CT molecular complexity index is 1170. The van der Waals surface area contributed by atoms with Gasteiger partial charge in [-0.1, -0.05) is 31.0 Å². The van der Waals surface area contributed by atoms with E-state index in [4.69, 9.17) is 4.74 Å². The highest BCUT2D eigenvalue weighted by Crippen LogP contribution is 2.43. The summed E-state index contributed by atoms with van der Waals surface area (Å²) in [5, 5.41) is 14.3. The van der Waals surface area contributed by atoms with Crippen molar-refractivity contribution >= 4 is 23.6 Å². The zero-order valence-corrected chi connectivity index (χ0v) is 21.5. The molecule has 1 aliphatic carbocycles. The molecule has 10 nitrogen and oxygen atoms in total. The number of likely N-dealkylation sites (N-methyl/N-ethyl adjacent to an activating group) is 1. The van der Waals surface area contributed by atoms with E-state index in [1.807, 2.05) is 6.07 Å². The molecule has 2 N–H and O–H groups in total. The van der Waals surface area contributed by atoms with Crippen LogP contribution in [0.5, 0.6) is 5.75 Å². The maximum Gasteiger partial charge on any atom is 0.471 e. The Morgan fingerprint density at radius 2 is 1.95 bits per heavy atom. The van der Waals surface area contributed by atoms with Gasteiger partial charge in [-0.15, -0.1) is 0 Å². The average Bonchev–Trinajstić information content (AvgIpc) is 3.57. The first kappa shape index (κ1) is 28.2. The number of likely N-dealkylation sites (tertiary alicyclic amines) is 1. The van der Waals surface area contributed by atoms with Crippen LogP contribution in [0.4, 0.5) is 13.2 Å². The molecule has 5 atom stereocenters. The smallest absolute Gasteiger partial charge is 0.471 e. The number of nitrogens with zero attached hydrogens (tertiary/aromatic N) is 3. The van der Waals surface area contributed by atoms with Gasteiger partial charge in [0.25, 0.3) is 0 Å². The molecule has 4 rings (SSSR count). The highest BCUT2D eigenvalue weighted by atomic mass is 19.4. The third-order valence-corrected chi connectivity index (χ3v) is 7.69. The SMILES string of the molecule is C[C@H](NC(=O)C(F)(F)F)C(=O)N(C)[C@@H](CC1CC1)C(=O)N1C[C@]2(C[C@H]1C#N)C(=O)NCC2Oc1ccccc1. The molecule has 2 heterocycles. The standard InChI is InChI=1S/C26H30F3N5O5/c1-15(32-24(38)26(27,28)29)21(35)33(2)19(10-16-8-9-16)22(36)34-14-25(11-17(34)12-30)20(13-31-23(25)37)39-18-6-4-3-5-7-18/h3-7,15-17,19-20H,8-11,13-14H2,1-2H3,(H,31,37)(H,32,38)/t15-,17-,19-,20?,25-/m0/s1. The molecular weight excluding hydrogens is 519 g/mol. The zero-order valence-electron chi connectivity index (χ0n) is 21.5. The minimum atomic E-state index is -5.17. The number of hydrogen-bond donors (Lipinski definition) is 2. The lowest BCUT2D eigenvalue weighted by atomic mass is 9.81. The number of nitrogens with one attached hydrogen (secondary N) is 2. The predicted molar refractivity (Wildman–Crippen MR) is 130 cm³/mol. The van der Waals surface area contributed by atoms with E-state index in [0.29, 0.717) is 5.75 Å². The van der Waals surface area contributed by atoms with Crippen LogP contribution in [0, 0.1) is 22.7 Å². The van der Waals surface area contributed by atoms with E-state index in [9.17, 15) is 37.6 Å². The first-order valence-corrected chi connectivity index (χ1v) is 12.7. The van der Waals surface area contributed by atoms with Crippen molar-refractivity contribution in [3.05, 3.63) is 30.3 Å². The Morgan fingerprint density at radius 3 is 2.54 bits per heavy atom. The Morgan fingerprint density at radius 1 is 1.28 bits per heavy atom. The minimum Gasteiger partial charge on any atom is -0.487 e. The number of rotatable bonds is 8. The molecule has 39 heavy (non-hydrogen) atoms. The monoisotopic (exact) mass is 549 g/mol. The molecule has 1 aromatic rings. The van der Waals surface area contributed by atoms with Gasteiger partial charge in [-0.25, -0.2) is 0 Å². The molecule has 2 aliphatic heterocycles. The van der Waals surface area contributed by atoms with Crippen LogP contribution in [0.15, 0.2) is 30.3 Å². The van der Waals surface area contributed by atoms with E-state index >= 15 is 0 Å². The molecule has 1 unspecified atom stereocenters. The quantitative estimate of drug-likeness (QED) is 0.504. The molecular formula is C26H30F3N5O5. The van der Waals surface area contributed by atoms with Gasteiger partial charge in [0.15, 0.2) is 0 Å². The highest BCUT2D eigenvalue weighted by Gasteiger charge is 2.60. The van der Waals surface area contributed by atoms with Gasteiger partial charge in [0.1, 0.15) is 35.4 Å². The van der Waals surface area contributed by atoms with Crippen LogP contribution in [0.25, 0.3) is 0 Å². The van der Waals surface area contributed by atoms with E-state index < -0.39 is 53.5 Å². The molecule has 2 saturated heterocycles. The number of alkyl halides is 3. The van der Waals surface area contributed by atoms with Crippen LogP contribution in [0.3, 0.4) is 0 Å². The number of para-hydroxylation sites is 1. The van der Waals surface area contributed by atoms with Crippen molar-refractivity contribution in [1.82, 2.24) is 20.4 Å². The molecule has 4 amide bonds. The largest absolute Gasteiger partial charge is 0.487 e. The molecule has 0 radical (unpaired) electrons. The highest BCUT2D eigenvalue weighted by molar-refractivity contribution is 5.94. The summed E-state index contributed by atoms with van der Waals surface area (Å²) in [4.78, 5) is 53.6. The molecule has 1 spiro atoms. The van der Waals surface area contributed by atoms with Crippen molar-refractivity contribution in [1.29, 1.82) is 5.26 Å². The zero-order chi connectivity index (χ0) is 28.5. The number of hydrogen-bond acceptors (Lipinski definition) is 6. The Balaban J connectivity index is 1.55. The van der Waals surface area contributed by atoms with E-state index in [1.165, 1.54) is 11.9 Å². The third kappa shape index (κ3) is 5.79. The van der Waals surface area contributed by atoms with Gasteiger partial charge in [-0.3, -0.25) is 19.2 Å². The topological polar surface area (TPSA) is 132 Å². The molecule has 1 aromatic carbocycles. The van der Waals surface area contributed by atoms with Crippen molar-refractivity contribution in [3.8, 4) is 11.8 Å². The van der Waals surface area contributed by atoms with Crippen molar-refractivity contribution in [3.63, 3.8) is 0 Å². The summed E-state index contributed by atoms with van der Waals surface area (Å²) >= 11 is 0. The number of carbonyl (C=O) groups excluding carboxylic acids is 4. The summed E-state index contributed by atoms with van der Waals surface area (Å²) in [7, 11) is 1.29. The predicted octanol–water partition coefficient (Wildman–Crippen LogP) is 1.37. The number of nitriles is 1. The summed E-state index contributed by atoms with van der Waals surface area (Å²) in [6.07, 6.45) is -3.88. The molecule has 3 aliphatic rings. The van der Waals surface area contributed by atoms with Crippen LogP contribution in [-0.2, 0) is 19.2 Å². The Labute approximate surface area is 223 Å². The lowest BCUT2D eigenvalue weighted by Crippen LogP contribution is -2.56. The van der Waals surface area contributed by atoms with Gasteiger partial charge < -0.3 is 25.2 Å². The number of benzene rings is 1. The summed E-state index contributed by atoms with van der Waals surface area (Å²) in [6.45, 7) is 1.18. The van der Waals surface area contributed by atoms with E-state index in [0.717, 1.165) is 24.7 Å². The van der Waals surface area contributed by atoms with Gasteiger partial charge >= 0.3 is 12.1 Å². The number of carbonyl (C=O) groups is 4. The molecule has 210 valence electrons. The molecule has 3 fully saturated rings. The Kier molecular flexibility index (Phi) is 7.77. The maximum absolute atomic E-state index is 13.9. The number of ether oxygens (including phenoxy) is 1. The average molecular weight is 550 g/mol. The fourth-order valence-corrected chi connectivity index (χ4v) is 5.28. The molecule has 13 heteroatoms. The first-order valence-electron chi connectivity index (χ1n) is 12.7. The second-order valence-electron chi connectivity index (χ2n) is 10.4. The minimum absolute atomic E-state index is 0.0322. The maximum atomic E-state index is 13.9. The van der Waals surface area contributed by atoms with E-state index in [2.05, 4.69) is 11.4 Å². The first-order chi connectivity index (χ1) is 18.4. The van der Waals surface area contributed by atoms with E-state index in [-0.39, 0.29) is 37.8 Å². The second-order valence-corrected chi connectivity index (χ2v) is 10.4. The van der Waals surface area contributed by atoms with Gasteiger partial charge in [-0.05, 0) is 31.4 Å². The van der Waals surface area contributed by atoms with E-state index in [1.54, 1.807) is 29.6 Å².